The van der Waals surface area contributed by atoms with Crippen LogP contribution in [-0.2, 0) is 0 Å². The monoisotopic (exact) mass is 732 g/mol. The van der Waals surface area contributed by atoms with Gasteiger partial charge in [0.15, 0.2) is 5.84 Å². The van der Waals surface area contributed by atoms with Gasteiger partial charge in [0.2, 0.25) is 0 Å². The van der Waals surface area contributed by atoms with Gasteiger partial charge in [0, 0.05) is 55.2 Å². The maximum absolute atomic E-state index is 6.63. The normalized spacial score (nSPS) is 14.5. The fourth-order valence-corrected chi connectivity index (χ4v) is 8.61. The molecule has 0 bridgehead atoms. The second-order valence-electron chi connectivity index (χ2n) is 14.6. The number of aromatic nitrogens is 1. The van der Waals surface area contributed by atoms with Crippen LogP contribution in [0.2, 0.25) is 0 Å². The first-order valence-corrected chi connectivity index (χ1v) is 19.2. The second-order valence-corrected chi connectivity index (χ2v) is 14.6. The molecule has 12 rings (SSSR count). The number of rotatable bonds is 5. The molecule has 1 N–H and O–H groups in total. The minimum Gasteiger partial charge on any atom is -0.456 e. The Morgan fingerprint density at radius 1 is 0.456 bits per heavy atom. The molecule has 1 unspecified atom stereocenters. The minimum atomic E-state index is -0.273. The molecule has 57 heavy (non-hydrogen) atoms. The number of fused-ring (bicyclic) bond motifs is 9. The van der Waals surface area contributed by atoms with Crippen molar-refractivity contribution in [3.8, 4) is 16.8 Å². The molecule has 1 aliphatic heterocycles. The van der Waals surface area contributed by atoms with Crippen LogP contribution in [0, 0.1) is 0 Å². The van der Waals surface area contributed by atoms with Crippen molar-refractivity contribution in [3.63, 3.8) is 0 Å². The van der Waals surface area contributed by atoms with E-state index in [0.29, 0.717) is 5.84 Å². The van der Waals surface area contributed by atoms with Crippen LogP contribution in [0.5, 0.6) is 0 Å². The van der Waals surface area contributed by atoms with Gasteiger partial charge in [0.1, 0.15) is 34.3 Å². The predicted molar refractivity (Wildman–Crippen MR) is 233 cm³/mol. The first kappa shape index (κ1) is 31.6. The largest absolute Gasteiger partial charge is 0.456 e. The Morgan fingerprint density at radius 3 is 1.82 bits per heavy atom. The van der Waals surface area contributed by atoms with Crippen LogP contribution < -0.4 is 5.32 Å². The van der Waals surface area contributed by atoms with Crippen LogP contribution in [0.4, 0.5) is 0 Å². The number of furan rings is 2. The Kier molecular flexibility index (Phi) is 6.89. The van der Waals surface area contributed by atoms with Gasteiger partial charge in [0.05, 0.1) is 11.0 Å². The molecule has 0 spiro atoms. The Balaban J connectivity index is 0.945. The quantitative estimate of drug-likeness (QED) is 0.192. The van der Waals surface area contributed by atoms with Crippen molar-refractivity contribution in [1.29, 1.82) is 0 Å². The number of para-hydroxylation sites is 2. The number of nitrogens with zero attached hydrogens (tertiary/aromatic N) is 3. The first-order valence-electron chi connectivity index (χ1n) is 19.2. The Hall–Kier alpha value is -7.70. The van der Waals surface area contributed by atoms with Gasteiger partial charge in [-0.25, -0.2) is 9.98 Å². The van der Waals surface area contributed by atoms with E-state index in [-0.39, 0.29) is 6.17 Å². The van der Waals surface area contributed by atoms with Crippen LogP contribution in [0.1, 0.15) is 22.9 Å². The van der Waals surface area contributed by atoms with E-state index >= 15 is 0 Å². The summed E-state index contributed by atoms with van der Waals surface area (Å²) >= 11 is 0. The lowest BCUT2D eigenvalue weighted by Gasteiger charge is -2.23. The Labute approximate surface area is 326 Å². The predicted octanol–water partition coefficient (Wildman–Crippen LogP) is 12.7. The van der Waals surface area contributed by atoms with Crippen molar-refractivity contribution >= 4 is 77.4 Å². The number of nitrogens with one attached hydrogen (secondary N) is 1. The zero-order valence-electron chi connectivity index (χ0n) is 30.6. The molecule has 1 aliphatic rings. The maximum Gasteiger partial charge on any atom is 0.159 e. The summed E-state index contributed by atoms with van der Waals surface area (Å²) < 4.78 is 15.6. The van der Waals surface area contributed by atoms with Gasteiger partial charge in [-0.1, -0.05) is 121 Å². The van der Waals surface area contributed by atoms with Gasteiger partial charge >= 0.3 is 0 Å². The highest BCUT2D eigenvalue weighted by molar-refractivity contribution is 6.17. The SMILES string of the molecule is c1ccc(C2=NC(c3ccc4c(c3)oc3cc(-c5cccc6oc7cc(-n8c9ccccc9c9ccccc98)ccc7c56)ccc34)=NC(c3ccccc3)N2)cc1. The van der Waals surface area contributed by atoms with Crippen molar-refractivity contribution in [2.75, 3.05) is 0 Å². The molecular formula is C51H32N4O2. The summed E-state index contributed by atoms with van der Waals surface area (Å²) in [5, 5.41) is 10.3. The van der Waals surface area contributed by atoms with Crippen LogP contribution in [0.15, 0.2) is 201 Å². The third kappa shape index (κ3) is 5.04. The first-order chi connectivity index (χ1) is 28.2. The summed E-state index contributed by atoms with van der Waals surface area (Å²) in [6.07, 6.45) is -0.273. The van der Waals surface area contributed by atoms with E-state index < -0.39 is 0 Å². The van der Waals surface area contributed by atoms with Gasteiger partial charge in [0.25, 0.3) is 0 Å². The van der Waals surface area contributed by atoms with E-state index in [0.717, 1.165) is 83.2 Å². The summed E-state index contributed by atoms with van der Waals surface area (Å²) in [7, 11) is 0. The van der Waals surface area contributed by atoms with E-state index in [2.05, 4.69) is 155 Å². The average Bonchev–Trinajstić information content (AvgIpc) is 3.95. The average molecular weight is 733 g/mol. The minimum absolute atomic E-state index is 0.273. The van der Waals surface area contributed by atoms with Gasteiger partial charge in [-0.15, -0.1) is 0 Å². The number of benzene rings is 8. The van der Waals surface area contributed by atoms with E-state index in [4.69, 9.17) is 18.8 Å². The second kappa shape index (κ2) is 12.4. The smallest absolute Gasteiger partial charge is 0.159 e. The lowest BCUT2D eigenvalue weighted by atomic mass is 9.98. The van der Waals surface area contributed by atoms with Gasteiger partial charge in [-0.05, 0) is 71.3 Å². The molecule has 0 fully saturated rings. The van der Waals surface area contributed by atoms with E-state index in [9.17, 15) is 0 Å². The fraction of sp³-hybridized carbons (Fsp3) is 0.0196. The van der Waals surface area contributed by atoms with E-state index in [1.54, 1.807) is 0 Å². The third-order valence-corrected chi connectivity index (χ3v) is 11.3. The molecule has 0 radical (unpaired) electrons. The highest BCUT2D eigenvalue weighted by Gasteiger charge is 2.22. The molecule has 11 aromatic rings. The van der Waals surface area contributed by atoms with Gasteiger partial charge in [-0.2, -0.15) is 0 Å². The molecule has 1 atom stereocenters. The lowest BCUT2D eigenvalue weighted by Crippen LogP contribution is -2.33. The van der Waals surface area contributed by atoms with Crippen molar-refractivity contribution in [2.45, 2.75) is 6.17 Å². The number of hydrogen-bond donors (Lipinski definition) is 1. The summed E-state index contributed by atoms with van der Waals surface area (Å²) in [5.41, 5.74) is 11.8. The molecule has 6 heteroatoms. The molecule has 0 aliphatic carbocycles. The fourth-order valence-electron chi connectivity index (χ4n) is 8.61. The van der Waals surface area contributed by atoms with Crippen molar-refractivity contribution in [1.82, 2.24) is 9.88 Å². The molecule has 0 amide bonds. The number of hydrogen-bond acceptors (Lipinski definition) is 5. The Morgan fingerprint density at radius 2 is 1.07 bits per heavy atom. The zero-order chi connectivity index (χ0) is 37.5. The lowest BCUT2D eigenvalue weighted by molar-refractivity contribution is 0.667. The van der Waals surface area contributed by atoms with Crippen LogP contribution in [0.25, 0.3) is 82.5 Å². The summed E-state index contributed by atoms with van der Waals surface area (Å²) in [6, 6.07) is 63.2. The molecule has 0 saturated carbocycles. The van der Waals surface area contributed by atoms with Crippen molar-refractivity contribution < 1.29 is 8.83 Å². The standard InChI is InChI=1S/C51H32N4O2/c1-3-12-31(13-4-1)49-52-50(32-14-5-2-6-15-32)54-51(53-49)34-23-26-40-39-25-22-33(28-45(39)57-46(40)29-34)36-18-11-21-44-48(36)41-27-24-35(30-47(41)56-44)55-42-19-9-7-16-37(42)38-17-8-10-20-43(38)55/h1-30,49H,(H,52,53,54). The highest BCUT2D eigenvalue weighted by atomic mass is 16.3. The van der Waals surface area contributed by atoms with E-state index in [1.165, 1.54) is 21.8 Å². The van der Waals surface area contributed by atoms with Crippen molar-refractivity contribution in [3.05, 3.63) is 199 Å². The van der Waals surface area contributed by atoms with Crippen LogP contribution >= 0.6 is 0 Å². The number of aliphatic imine (C=N–C) groups is 2. The molecule has 268 valence electrons. The summed E-state index contributed by atoms with van der Waals surface area (Å²) in [6.45, 7) is 0. The van der Waals surface area contributed by atoms with Crippen LogP contribution in [-0.4, -0.2) is 16.2 Å². The highest BCUT2D eigenvalue weighted by Crippen LogP contribution is 2.41. The topological polar surface area (TPSA) is 68.0 Å². The molecular weight excluding hydrogens is 701 g/mol. The molecule has 3 aromatic heterocycles. The zero-order valence-corrected chi connectivity index (χ0v) is 30.6. The van der Waals surface area contributed by atoms with E-state index in [1.807, 2.05) is 36.4 Å². The molecule has 6 nitrogen and oxygen atoms in total. The van der Waals surface area contributed by atoms with Gasteiger partial charge in [-0.3, -0.25) is 0 Å². The summed E-state index contributed by atoms with van der Waals surface area (Å²) in [4.78, 5) is 10.1. The van der Waals surface area contributed by atoms with Gasteiger partial charge < -0.3 is 18.7 Å². The third-order valence-electron chi connectivity index (χ3n) is 11.3. The van der Waals surface area contributed by atoms with Crippen LogP contribution in [0.3, 0.4) is 0 Å². The maximum atomic E-state index is 6.63. The molecule has 0 saturated heterocycles. The Bertz CT molecular complexity index is 3390. The summed E-state index contributed by atoms with van der Waals surface area (Å²) in [5.74, 6) is 1.44. The number of amidine groups is 2. The molecule has 4 heterocycles. The molecule has 8 aromatic carbocycles. The van der Waals surface area contributed by atoms with Crippen molar-refractivity contribution in [2.24, 2.45) is 9.98 Å².